The largest absolute Gasteiger partial charge is 1.00 e. The van der Waals surface area contributed by atoms with E-state index in [2.05, 4.69) is 44.5 Å². The van der Waals surface area contributed by atoms with E-state index in [-0.39, 0.29) is 52.4 Å². The summed E-state index contributed by atoms with van der Waals surface area (Å²) in [5.74, 6) is -0.429. The first-order valence-electron chi connectivity index (χ1n) is 24.2. The van der Waals surface area contributed by atoms with Gasteiger partial charge in [0.2, 0.25) is 11.5 Å². The van der Waals surface area contributed by atoms with Crippen molar-refractivity contribution >= 4 is 34.1 Å². The molecule has 0 aliphatic carbocycles. The Morgan fingerprint density at radius 3 is 1.46 bits per heavy atom. The number of aryl methyl sites for hydroxylation is 2. The number of nitro benzene ring substituents is 2. The van der Waals surface area contributed by atoms with Gasteiger partial charge in [0.15, 0.2) is 0 Å². The standard InChI is InChI=1S/2C21H22N5O4.C11H25NO.Cr/c2*1-13-18(20(28)25(24-13)15-8-6-5-7-9-15)23-22-16-10-14(12-21(2,3)4)11-17(19(16)27)26(29)30;1-3-5-7-11(4-2)10-13-9-6-8-12;/h2*5-11,27H,12H2,1-4H3;11H,3-10,12H2,1-2H3;/q2*-1;;/p+1. The smallest absolute Gasteiger partial charge is 0.501 e. The molecule has 6 aromatic rings. The fraction of sp³-hybridized carbons (Fsp3) is 0.434. The van der Waals surface area contributed by atoms with Gasteiger partial charge in [-0.1, -0.05) is 136 Å². The molecule has 0 radical (unpaired) electrons. The average Bonchev–Trinajstić information content (AvgIpc) is 3.79. The molecule has 398 valence electrons. The quantitative estimate of drug-likeness (QED) is 0.0224. The van der Waals surface area contributed by atoms with E-state index in [1.54, 1.807) is 74.5 Å². The van der Waals surface area contributed by atoms with Crippen molar-refractivity contribution in [1.29, 1.82) is 0 Å². The van der Waals surface area contributed by atoms with Crippen LogP contribution in [0.25, 0.3) is 11.4 Å². The summed E-state index contributed by atoms with van der Waals surface area (Å²) in [6, 6.07) is 23.5. The Hall–Kier alpha value is -7.05. The second-order valence-electron chi connectivity index (χ2n) is 20.0. The van der Waals surface area contributed by atoms with Gasteiger partial charge in [0.05, 0.1) is 21.2 Å². The third kappa shape index (κ3) is 18.2. The van der Waals surface area contributed by atoms with Crippen LogP contribution in [0.1, 0.15) is 111 Å². The predicted molar refractivity (Wildman–Crippen MR) is 283 cm³/mol. The number of hydrogen-bond donors (Lipinski definition) is 3. The van der Waals surface area contributed by atoms with Crippen molar-refractivity contribution in [2.75, 3.05) is 19.8 Å². The molecule has 0 amide bonds. The molecular weight excluding hydrogens is 987 g/mol. The molecule has 0 aliphatic heterocycles. The maximum Gasteiger partial charge on any atom is 1.00 e. The van der Waals surface area contributed by atoms with Gasteiger partial charge in [-0.25, -0.2) is 19.6 Å². The summed E-state index contributed by atoms with van der Waals surface area (Å²) in [6.45, 7) is 22.2. The molecule has 4 aromatic carbocycles. The number of nitrogens with two attached hydrogens (primary N) is 1. The summed E-state index contributed by atoms with van der Waals surface area (Å²) in [7, 11) is 0. The predicted octanol–water partition coefficient (Wildman–Crippen LogP) is 12.4. The molecule has 4 N–H and O–H groups in total. The van der Waals surface area contributed by atoms with Crippen molar-refractivity contribution in [3.8, 4) is 22.9 Å². The van der Waals surface area contributed by atoms with E-state index >= 15 is 0 Å². The minimum Gasteiger partial charge on any atom is -0.501 e. The van der Waals surface area contributed by atoms with Crippen LogP contribution in [0, 0.1) is 50.8 Å². The summed E-state index contributed by atoms with van der Waals surface area (Å²) >= 11 is 0. The number of aromatic hydroxyl groups is 2. The van der Waals surface area contributed by atoms with E-state index < -0.39 is 43.8 Å². The third-order valence-corrected chi connectivity index (χ3v) is 11.0. The number of benzene rings is 4. The van der Waals surface area contributed by atoms with E-state index in [0.29, 0.717) is 46.7 Å². The molecule has 2 aromatic heterocycles. The number of hydrogen-bond acceptors (Lipinski definition) is 16. The van der Waals surface area contributed by atoms with Crippen molar-refractivity contribution in [2.45, 2.75) is 114 Å². The molecule has 74 heavy (non-hydrogen) atoms. The van der Waals surface area contributed by atoms with E-state index in [1.165, 1.54) is 47.2 Å². The molecule has 0 saturated heterocycles. The summed E-state index contributed by atoms with van der Waals surface area (Å²) in [4.78, 5) is 46.8. The molecule has 1 atom stereocenters. The summed E-state index contributed by atoms with van der Waals surface area (Å²) in [6.07, 6.45) is 7.24. The summed E-state index contributed by atoms with van der Waals surface area (Å²) < 4.78 is 7.96. The normalized spacial score (nSPS) is 11.9. The summed E-state index contributed by atoms with van der Waals surface area (Å²) in [5.41, 5.74) is 6.27. The minimum absolute atomic E-state index is 0. The van der Waals surface area contributed by atoms with Crippen LogP contribution < -0.4 is 16.9 Å². The molecule has 0 saturated carbocycles. The van der Waals surface area contributed by atoms with Gasteiger partial charge in [-0.15, -0.1) is 11.4 Å². The molecule has 6 rings (SSSR count). The van der Waals surface area contributed by atoms with Crippen molar-refractivity contribution in [1.82, 2.24) is 19.6 Å². The molecule has 21 heteroatoms. The monoisotopic (exact) mass is 1060 g/mol. The Bertz CT molecular complexity index is 2770. The zero-order chi connectivity index (χ0) is 54.0. The van der Waals surface area contributed by atoms with Gasteiger partial charge in [-0.3, -0.25) is 20.2 Å². The second-order valence-corrected chi connectivity index (χ2v) is 20.0. The fourth-order valence-electron chi connectivity index (χ4n) is 7.44. The number of nitrogens with zero attached hydrogens (tertiary/aromatic N) is 10. The Balaban J connectivity index is 0.000000409. The van der Waals surface area contributed by atoms with Crippen LogP contribution >= 0.6 is 0 Å². The fourth-order valence-corrected chi connectivity index (χ4v) is 7.44. The van der Waals surface area contributed by atoms with Gasteiger partial charge in [0.1, 0.15) is 22.5 Å². The Morgan fingerprint density at radius 1 is 0.716 bits per heavy atom. The number of rotatable bonds is 19. The molecule has 0 bridgehead atoms. The molecule has 0 aliphatic rings. The molecule has 2 heterocycles. The van der Waals surface area contributed by atoms with Gasteiger partial charge >= 0.3 is 12.8 Å². The first kappa shape index (κ1) is 61.3. The molecule has 1 unspecified atom stereocenters. The maximum atomic E-state index is 12.7. The molecular formula is C53H70CrN11O9-. The number of phenols is 2. The van der Waals surface area contributed by atoms with Gasteiger partial charge in [0, 0.05) is 42.7 Å². The van der Waals surface area contributed by atoms with Crippen LogP contribution in [0.3, 0.4) is 0 Å². The van der Waals surface area contributed by atoms with Crippen molar-refractivity contribution in [3.05, 3.63) is 148 Å². The number of aromatic nitrogens is 4. The Labute approximate surface area is 443 Å². The first-order valence-corrected chi connectivity index (χ1v) is 24.2. The van der Waals surface area contributed by atoms with Gasteiger partial charge in [-0.2, -0.15) is 10.2 Å². The van der Waals surface area contributed by atoms with E-state index in [0.717, 1.165) is 32.1 Å². The van der Waals surface area contributed by atoms with Gasteiger partial charge in [-0.05, 0) is 96.5 Å². The number of ether oxygens (including phenoxy) is 1. The van der Waals surface area contributed by atoms with Crippen molar-refractivity contribution < 1.29 is 43.6 Å². The third-order valence-electron chi connectivity index (χ3n) is 11.0. The zero-order valence-corrected chi connectivity index (χ0v) is 45.2. The molecule has 20 nitrogen and oxygen atoms in total. The number of phenolic OH excluding ortho intramolecular Hbond substituents is 2. The second kappa shape index (κ2) is 28.4. The van der Waals surface area contributed by atoms with Crippen LogP contribution in [0.4, 0.5) is 34.1 Å². The van der Waals surface area contributed by atoms with Crippen LogP contribution in [0.15, 0.2) is 115 Å². The minimum atomic E-state index is -0.668. The number of azo groups is 2. The van der Waals surface area contributed by atoms with Crippen LogP contribution in [-0.2, 0) is 34.9 Å². The van der Waals surface area contributed by atoms with Crippen LogP contribution in [0.2, 0.25) is 0 Å². The molecule has 0 fully saturated rings. The van der Waals surface area contributed by atoms with Gasteiger partial charge in [0.25, 0.3) is 0 Å². The zero-order valence-electron chi connectivity index (χ0n) is 44.9. The van der Waals surface area contributed by atoms with E-state index in [1.807, 2.05) is 53.7 Å². The average molecular weight is 1060 g/mol. The molecule has 0 spiro atoms. The van der Waals surface area contributed by atoms with Crippen molar-refractivity contribution in [2.24, 2.45) is 42.9 Å². The Morgan fingerprint density at radius 2 is 1.12 bits per heavy atom. The van der Waals surface area contributed by atoms with E-state index in [4.69, 9.17) is 10.5 Å². The summed E-state index contributed by atoms with van der Waals surface area (Å²) in [5, 5.41) is 67.5. The SMILES string of the molecule is CCCCC(CC)COCCCN.Cc1nn(-c2ccccc2)c(=O)[c-]1N=Nc1cc(CC(C)(C)C)cc([N+](=O)[O-])c1O.Cc1nn(-c2ccccc2)c(=O)[c-]1N=Nc1cc(CC(C)(C)C)cc([N+](=O)[O-])c1O.[Cr].[H+]. The number of unbranched alkanes of at least 4 members (excludes halogenated alkanes) is 1. The Kier molecular flexibility index (Phi) is 23.5. The maximum absolute atomic E-state index is 12.7. The number of para-hydroxylation sites is 2. The first-order chi connectivity index (χ1) is 34.5. The van der Waals surface area contributed by atoms with E-state index in [9.17, 15) is 40.0 Å². The van der Waals surface area contributed by atoms with Crippen LogP contribution in [-0.4, -0.2) is 59.4 Å². The van der Waals surface area contributed by atoms with Crippen LogP contribution in [0.5, 0.6) is 11.5 Å². The topological polar surface area (TPSA) is 281 Å². The number of nitro groups is 2. The van der Waals surface area contributed by atoms with Crippen molar-refractivity contribution in [3.63, 3.8) is 0 Å². The van der Waals surface area contributed by atoms with Gasteiger partial charge < -0.3 is 40.5 Å².